The van der Waals surface area contributed by atoms with Gasteiger partial charge in [-0.1, -0.05) is 0 Å². The second-order valence-electron chi connectivity index (χ2n) is 3.26. The van der Waals surface area contributed by atoms with E-state index in [-0.39, 0.29) is 6.54 Å². The Morgan fingerprint density at radius 2 is 2.12 bits per heavy atom. The van der Waals surface area contributed by atoms with Gasteiger partial charge in [0.15, 0.2) is 0 Å². The maximum atomic E-state index is 12.5. The summed E-state index contributed by atoms with van der Waals surface area (Å²) < 4.78 is 48.5. The van der Waals surface area contributed by atoms with Crippen LogP contribution in [0.3, 0.4) is 0 Å². The number of nitrogens with one attached hydrogen (secondary N) is 1. The van der Waals surface area contributed by atoms with E-state index in [0.29, 0.717) is 11.5 Å². The van der Waals surface area contributed by atoms with Crippen LogP contribution in [-0.4, -0.2) is 28.9 Å². The quantitative estimate of drug-likeness (QED) is 0.793. The molecule has 1 N–H and O–H groups in total. The van der Waals surface area contributed by atoms with E-state index in [1.54, 1.807) is 6.92 Å². The first-order valence-electron chi connectivity index (χ1n) is 4.57. The van der Waals surface area contributed by atoms with Crippen LogP contribution in [0.15, 0.2) is 12.3 Å². The highest BCUT2D eigenvalue weighted by molar-refractivity contribution is 5.01. The molecular weight excluding hydrogens is 226 g/mol. The van der Waals surface area contributed by atoms with Gasteiger partial charge in [0.25, 0.3) is 0 Å². The van der Waals surface area contributed by atoms with Gasteiger partial charge in [0.2, 0.25) is 0 Å². The van der Waals surface area contributed by atoms with Crippen LogP contribution in [0, 0.1) is 6.92 Å². The Labute approximate surface area is 89.9 Å². The standard InChI is InChI=1S/C9H11F4N3/c1-6-15-3-2-7(16-6)4-14-5-9(12,13)8(10)11/h2-3,8,14H,4-5H2,1H3. The summed E-state index contributed by atoms with van der Waals surface area (Å²) in [6.45, 7) is 0.580. The maximum absolute atomic E-state index is 12.5. The highest BCUT2D eigenvalue weighted by Crippen LogP contribution is 2.21. The van der Waals surface area contributed by atoms with E-state index in [4.69, 9.17) is 0 Å². The fourth-order valence-corrected chi connectivity index (χ4v) is 1.04. The summed E-state index contributed by atoms with van der Waals surface area (Å²) in [6.07, 6.45) is -2.18. The molecule has 0 aliphatic rings. The first-order chi connectivity index (χ1) is 7.42. The third-order valence-corrected chi connectivity index (χ3v) is 1.82. The number of halogens is 4. The summed E-state index contributed by atoms with van der Waals surface area (Å²) in [5.41, 5.74) is 0.484. The zero-order valence-electron chi connectivity index (χ0n) is 8.55. The Balaban J connectivity index is 2.42. The van der Waals surface area contributed by atoms with Crippen LogP contribution in [0.25, 0.3) is 0 Å². The van der Waals surface area contributed by atoms with Crippen molar-refractivity contribution in [3.63, 3.8) is 0 Å². The minimum absolute atomic E-state index is 0.00562. The van der Waals surface area contributed by atoms with Crippen LogP contribution >= 0.6 is 0 Å². The molecule has 1 heterocycles. The molecule has 0 amide bonds. The molecule has 0 saturated carbocycles. The van der Waals surface area contributed by atoms with Gasteiger partial charge in [-0.3, -0.25) is 0 Å². The normalized spacial score (nSPS) is 12.1. The topological polar surface area (TPSA) is 37.8 Å². The van der Waals surface area contributed by atoms with E-state index >= 15 is 0 Å². The van der Waals surface area contributed by atoms with Crippen molar-refractivity contribution in [1.29, 1.82) is 0 Å². The lowest BCUT2D eigenvalue weighted by atomic mass is 10.3. The zero-order chi connectivity index (χ0) is 12.2. The van der Waals surface area contributed by atoms with Crippen LogP contribution in [0.4, 0.5) is 17.6 Å². The molecule has 7 heteroatoms. The van der Waals surface area contributed by atoms with Gasteiger partial charge in [-0.2, -0.15) is 8.78 Å². The van der Waals surface area contributed by atoms with E-state index < -0.39 is 18.9 Å². The first-order valence-corrected chi connectivity index (χ1v) is 4.57. The number of hydrogen-bond acceptors (Lipinski definition) is 3. The summed E-state index contributed by atoms with van der Waals surface area (Å²) in [4.78, 5) is 7.75. The maximum Gasteiger partial charge on any atom is 0.319 e. The Bertz CT molecular complexity index is 343. The number of aromatic nitrogens is 2. The number of nitrogens with zero attached hydrogens (tertiary/aromatic N) is 2. The molecule has 0 aliphatic heterocycles. The largest absolute Gasteiger partial charge is 0.319 e. The second-order valence-corrected chi connectivity index (χ2v) is 3.26. The number of hydrogen-bond donors (Lipinski definition) is 1. The SMILES string of the molecule is Cc1nccc(CNCC(F)(F)C(F)F)n1. The molecule has 0 atom stereocenters. The minimum Gasteiger partial charge on any atom is -0.305 e. The van der Waals surface area contributed by atoms with E-state index in [0.717, 1.165) is 0 Å². The third kappa shape index (κ3) is 3.73. The number of alkyl halides is 4. The van der Waals surface area contributed by atoms with Gasteiger partial charge in [-0.15, -0.1) is 0 Å². The molecule has 1 rings (SSSR count). The molecule has 0 unspecified atom stereocenters. The van der Waals surface area contributed by atoms with E-state index in [9.17, 15) is 17.6 Å². The van der Waals surface area contributed by atoms with Gasteiger partial charge in [0.05, 0.1) is 12.2 Å². The molecule has 0 radical (unpaired) electrons. The first kappa shape index (κ1) is 12.8. The fraction of sp³-hybridized carbons (Fsp3) is 0.556. The summed E-state index contributed by atoms with van der Waals surface area (Å²) in [5.74, 6) is -3.51. The van der Waals surface area contributed by atoms with Crippen molar-refractivity contribution in [3.8, 4) is 0 Å². The van der Waals surface area contributed by atoms with Crippen molar-refractivity contribution >= 4 is 0 Å². The molecule has 1 aromatic rings. The van der Waals surface area contributed by atoms with Gasteiger partial charge in [-0.25, -0.2) is 18.7 Å². The summed E-state index contributed by atoms with van der Waals surface area (Å²) >= 11 is 0. The van der Waals surface area contributed by atoms with Gasteiger partial charge in [0.1, 0.15) is 5.82 Å². The van der Waals surface area contributed by atoms with Crippen LogP contribution in [-0.2, 0) is 6.54 Å². The van der Waals surface area contributed by atoms with Gasteiger partial charge in [0, 0.05) is 12.7 Å². The van der Waals surface area contributed by atoms with Crippen molar-refractivity contribution in [1.82, 2.24) is 15.3 Å². The molecule has 1 aromatic heterocycles. The minimum atomic E-state index is -4.01. The molecule has 90 valence electrons. The monoisotopic (exact) mass is 237 g/mol. The predicted octanol–water partition coefficient (Wildman–Crippen LogP) is 1.78. The average molecular weight is 237 g/mol. The lowest BCUT2D eigenvalue weighted by Crippen LogP contribution is -2.38. The Morgan fingerprint density at radius 3 is 2.69 bits per heavy atom. The smallest absolute Gasteiger partial charge is 0.305 e. The van der Waals surface area contributed by atoms with Crippen LogP contribution < -0.4 is 5.32 Å². The van der Waals surface area contributed by atoms with Crippen molar-refractivity contribution in [3.05, 3.63) is 23.8 Å². The molecule has 0 fully saturated rings. The van der Waals surface area contributed by atoms with Crippen molar-refractivity contribution < 1.29 is 17.6 Å². The van der Waals surface area contributed by atoms with E-state index in [1.807, 2.05) is 0 Å². The van der Waals surface area contributed by atoms with Crippen molar-refractivity contribution in [2.45, 2.75) is 25.8 Å². The highest BCUT2D eigenvalue weighted by Gasteiger charge is 2.39. The second kappa shape index (κ2) is 5.20. The number of rotatable bonds is 5. The van der Waals surface area contributed by atoms with Crippen LogP contribution in [0.5, 0.6) is 0 Å². The lowest BCUT2D eigenvalue weighted by molar-refractivity contribution is -0.125. The third-order valence-electron chi connectivity index (χ3n) is 1.82. The average Bonchev–Trinajstić information content (AvgIpc) is 2.17. The molecule has 0 aromatic carbocycles. The molecule has 16 heavy (non-hydrogen) atoms. The predicted molar refractivity (Wildman–Crippen MR) is 49.4 cm³/mol. The molecule has 3 nitrogen and oxygen atoms in total. The van der Waals surface area contributed by atoms with Gasteiger partial charge < -0.3 is 5.32 Å². The van der Waals surface area contributed by atoms with Crippen molar-refractivity contribution in [2.75, 3.05) is 6.54 Å². The Morgan fingerprint density at radius 1 is 1.44 bits per heavy atom. The Kier molecular flexibility index (Phi) is 4.17. The highest BCUT2D eigenvalue weighted by atomic mass is 19.3. The summed E-state index contributed by atoms with van der Waals surface area (Å²) in [5, 5.41) is 2.23. The summed E-state index contributed by atoms with van der Waals surface area (Å²) in [6, 6.07) is 1.53. The molecule has 0 spiro atoms. The lowest BCUT2D eigenvalue weighted by Gasteiger charge is -2.15. The fourth-order valence-electron chi connectivity index (χ4n) is 1.04. The molecular formula is C9H11F4N3. The van der Waals surface area contributed by atoms with Crippen molar-refractivity contribution in [2.24, 2.45) is 0 Å². The van der Waals surface area contributed by atoms with Crippen LogP contribution in [0.1, 0.15) is 11.5 Å². The molecule has 0 aliphatic carbocycles. The van der Waals surface area contributed by atoms with E-state index in [1.165, 1.54) is 12.3 Å². The molecule has 0 bridgehead atoms. The van der Waals surface area contributed by atoms with E-state index in [2.05, 4.69) is 15.3 Å². The summed E-state index contributed by atoms with van der Waals surface area (Å²) in [7, 11) is 0. The number of aryl methyl sites for hydroxylation is 1. The van der Waals surface area contributed by atoms with Gasteiger partial charge >= 0.3 is 12.3 Å². The van der Waals surface area contributed by atoms with Gasteiger partial charge in [-0.05, 0) is 13.0 Å². The van der Waals surface area contributed by atoms with Crippen LogP contribution in [0.2, 0.25) is 0 Å². The Hall–Kier alpha value is -1.24. The zero-order valence-corrected chi connectivity index (χ0v) is 8.55. The molecule has 0 saturated heterocycles.